The van der Waals surface area contributed by atoms with Gasteiger partial charge in [-0.25, -0.2) is 4.79 Å². The zero-order chi connectivity index (χ0) is 23.1. The van der Waals surface area contributed by atoms with E-state index in [4.69, 9.17) is 21.1 Å². The number of para-hydroxylation sites is 1. The van der Waals surface area contributed by atoms with Crippen LogP contribution in [0.4, 0.5) is 0 Å². The van der Waals surface area contributed by atoms with E-state index in [0.717, 1.165) is 5.56 Å². The van der Waals surface area contributed by atoms with Gasteiger partial charge in [-0.2, -0.15) is 0 Å². The van der Waals surface area contributed by atoms with Crippen molar-refractivity contribution >= 4 is 29.3 Å². The Morgan fingerprint density at radius 3 is 2.22 bits per heavy atom. The number of amides is 1. The Labute approximate surface area is 191 Å². The van der Waals surface area contributed by atoms with E-state index >= 15 is 0 Å². The fourth-order valence-corrected chi connectivity index (χ4v) is 3.34. The number of carbonyl (C=O) groups excluding carboxylic acids is 3. The summed E-state index contributed by atoms with van der Waals surface area (Å²) in [7, 11) is 1.55. The highest BCUT2D eigenvalue weighted by molar-refractivity contribution is 6.30. The minimum atomic E-state index is -0.761. The number of ketones is 1. The van der Waals surface area contributed by atoms with Crippen molar-refractivity contribution in [2.45, 2.75) is 13.0 Å². The number of benzene rings is 3. The van der Waals surface area contributed by atoms with E-state index in [2.05, 4.69) is 5.32 Å². The molecule has 1 atom stereocenters. The molecule has 0 saturated heterocycles. The second-order valence-electron chi connectivity index (χ2n) is 6.99. The number of hydrogen-bond acceptors (Lipinski definition) is 5. The third kappa shape index (κ3) is 5.53. The Morgan fingerprint density at radius 2 is 1.53 bits per heavy atom. The van der Waals surface area contributed by atoms with E-state index < -0.39 is 18.5 Å². The lowest BCUT2D eigenvalue weighted by Gasteiger charge is -2.17. The first kappa shape index (κ1) is 23.0. The quantitative estimate of drug-likeness (QED) is 0.399. The maximum atomic E-state index is 12.8. The maximum Gasteiger partial charge on any atom is 0.339 e. The van der Waals surface area contributed by atoms with Crippen LogP contribution >= 0.6 is 11.6 Å². The van der Waals surface area contributed by atoms with E-state index in [-0.39, 0.29) is 23.0 Å². The Kier molecular flexibility index (Phi) is 7.63. The van der Waals surface area contributed by atoms with Crippen LogP contribution in [0, 0.1) is 0 Å². The molecule has 0 fully saturated rings. The van der Waals surface area contributed by atoms with Gasteiger partial charge < -0.3 is 14.8 Å². The predicted octanol–water partition coefficient (Wildman–Crippen LogP) is 4.61. The van der Waals surface area contributed by atoms with E-state index in [1.165, 1.54) is 12.1 Å². The van der Waals surface area contributed by atoms with Crippen molar-refractivity contribution in [1.29, 1.82) is 0 Å². The predicted molar refractivity (Wildman–Crippen MR) is 121 cm³/mol. The third-order valence-electron chi connectivity index (χ3n) is 4.82. The number of nitrogens with one attached hydrogen (secondary N) is 1. The summed E-state index contributed by atoms with van der Waals surface area (Å²) in [5.41, 5.74) is 1.45. The second-order valence-corrected chi connectivity index (χ2v) is 7.43. The van der Waals surface area contributed by atoms with Crippen LogP contribution in [0.25, 0.3) is 0 Å². The summed E-state index contributed by atoms with van der Waals surface area (Å²) < 4.78 is 10.5. The Balaban J connectivity index is 1.66. The number of carbonyl (C=O) groups is 3. The van der Waals surface area contributed by atoms with Crippen LogP contribution in [0.15, 0.2) is 72.8 Å². The smallest absolute Gasteiger partial charge is 0.339 e. The third-order valence-corrected chi connectivity index (χ3v) is 5.07. The van der Waals surface area contributed by atoms with Gasteiger partial charge in [0.05, 0.1) is 18.7 Å². The first-order chi connectivity index (χ1) is 15.4. The zero-order valence-corrected chi connectivity index (χ0v) is 18.4. The number of ether oxygens (including phenoxy) is 2. The molecule has 3 rings (SSSR count). The lowest BCUT2D eigenvalue weighted by atomic mass is 9.98. The average molecular weight is 452 g/mol. The molecule has 0 aromatic heterocycles. The standard InChI is InChI=1S/C25H22ClNO5/c1-16(19-7-5-6-10-22(19)31-2)27-23(28)15-32-25(30)21-9-4-3-8-20(21)24(29)17-11-13-18(26)14-12-17/h3-14,16H,15H2,1-2H3,(H,27,28)/t16-/m0/s1. The molecule has 7 heteroatoms. The molecule has 0 aliphatic rings. The summed E-state index contributed by atoms with van der Waals surface area (Å²) in [4.78, 5) is 37.8. The molecular formula is C25H22ClNO5. The van der Waals surface area contributed by atoms with Gasteiger partial charge in [-0.1, -0.05) is 48.0 Å². The van der Waals surface area contributed by atoms with Crippen molar-refractivity contribution in [3.8, 4) is 5.75 Å². The zero-order valence-electron chi connectivity index (χ0n) is 17.6. The Morgan fingerprint density at radius 1 is 0.906 bits per heavy atom. The molecule has 3 aromatic carbocycles. The van der Waals surface area contributed by atoms with Crippen molar-refractivity contribution in [3.05, 3.63) is 100 Å². The summed E-state index contributed by atoms with van der Waals surface area (Å²) in [6, 6.07) is 19.6. The van der Waals surface area contributed by atoms with Crippen molar-refractivity contribution in [1.82, 2.24) is 5.32 Å². The molecule has 3 aromatic rings. The molecule has 164 valence electrons. The van der Waals surface area contributed by atoms with Gasteiger partial charge >= 0.3 is 5.97 Å². The van der Waals surface area contributed by atoms with Gasteiger partial charge in [-0.05, 0) is 43.3 Å². The minimum absolute atomic E-state index is 0.0815. The fourth-order valence-electron chi connectivity index (χ4n) is 3.21. The van der Waals surface area contributed by atoms with Crippen LogP contribution in [0.5, 0.6) is 5.75 Å². The van der Waals surface area contributed by atoms with Gasteiger partial charge in [0.25, 0.3) is 5.91 Å². The number of methoxy groups -OCH3 is 1. The van der Waals surface area contributed by atoms with Gasteiger partial charge in [-0.3, -0.25) is 9.59 Å². The van der Waals surface area contributed by atoms with Gasteiger partial charge in [0.1, 0.15) is 5.75 Å². The first-order valence-electron chi connectivity index (χ1n) is 9.89. The summed E-state index contributed by atoms with van der Waals surface area (Å²) in [5, 5.41) is 3.27. The van der Waals surface area contributed by atoms with Crippen LogP contribution in [0.1, 0.15) is 44.8 Å². The summed E-state index contributed by atoms with van der Waals surface area (Å²) in [6.07, 6.45) is 0. The van der Waals surface area contributed by atoms with Crippen molar-refractivity contribution in [3.63, 3.8) is 0 Å². The molecule has 1 amide bonds. The van der Waals surface area contributed by atoms with Crippen molar-refractivity contribution in [2.75, 3.05) is 13.7 Å². The van der Waals surface area contributed by atoms with Crippen LogP contribution in [-0.2, 0) is 9.53 Å². The van der Waals surface area contributed by atoms with Gasteiger partial charge in [0.15, 0.2) is 12.4 Å². The number of hydrogen-bond donors (Lipinski definition) is 1. The van der Waals surface area contributed by atoms with E-state index in [0.29, 0.717) is 16.3 Å². The lowest BCUT2D eigenvalue weighted by Crippen LogP contribution is -2.31. The Hall–Kier alpha value is -3.64. The van der Waals surface area contributed by atoms with Crippen LogP contribution in [0.3, 0.4) is 0 Å². The Bertz CT molecular complexity index is 1130. The highest BCUT2D eigenvalue weighted by Gasteiger charge is 2.21. The van der Waals surface area contributed by atoms with E-state index in [1.54, 1.807) is 56.5 Å². The lowest BCUT2D eigenvalue weighted by molar-refractivity contribution is -0.124. The molecule has 1 N–H and O–H groups in total. The van der Waals surface area contributed by atoms with Gasteiger partial charge in [0.2, 0.25) is 0 Å². The average Bonchev–Trinajstić information content (AvgIpc) is 2.82. The summed E-state index contributed by atoms with van der Waals surface area (Å²) in [5.74, 6) is -0.934. The van der Waals surface area contributed by atoms with Gasteiger partial charge in [-0.15, -0.1) is 0 Å². The SMILES string of the molecule is COc1ccccc1[C@H](C)NC(=O)COC(=O)c1ccccc1C(=O)c1ccc(Cl)cc1. The monoisotopic (exact) mass is 451 g/mol. The molecule has 0 aliphatic heterocycles. The van der Waals surface area contributed by atoms with Crippen molar-refractivity contribution < 1.29 is 23.9 Å². The molecule has 32 heavy (non-hydrogen) atoms. The molecule has 0 unspecified atom stereocenters. The summed E-state index contributed by atoms with van der Waals surface area (Å²) in [6.45, 7) is 1.32. The van der Waals surface area contributed by atoms with Crippen LogP contribution in [-0.4, -0.2) is 31.4 Å². The van der Waals surface area contributed by atoms with E-state index in [1.807, 2.05) is 18.2 Å². The summed E-state index contributed by atoms with van der Waals surface area (Å²) >= 11 is 5.88. The second kappa shape index (κ2) is 10.6. The molecule has 0 heterocycles. The van der Waals surface area contributed by atoms with E-state index in [9.17, 15) is 14.4 Å². The maximum absolute atomic E-state index is 12.8. The fraction of sp³-hybridized carbons (Fsp3) is 0.160. The van der Waals surface area contributed by atoms with Crippen LogP contribution < -0.4 is 10.1 Å². The van der Waals surface area contributed by atoms with Crippen molar-refractivity contribution in [2.24, 2.45) is 0 Å². The topological polar surface area (TPSA) is 81.7 Å². The van der Waals surface area contributed by atoms with Crippen LogP contribution in [0.2, 0.25) is 5.02 Å². The molecule has 6 nitrogen and oxygen atoms in total. The molecule has 0 radical (unpaired) electrons. The highest BCUT2D eigenvalue weighted by Crippen LogP contribution is 2.24. The molecule has 0 saturated carbocycles. The first-order valence-corrected chi connectivity index (χ1v) is 10.3. The minimum Gasteiger partial charge on any atom is -0.496 e. The molecule has 0 bridgehead atoms. The number of esters is 1. The highest BCUT2D eigenvalue weighted by atomic mass is 35.5. The normalized spacial score (nSPS) is 11.3. The largest absolute Gasteiger partial charge is 0.496 e. The molecule has 0 aliphatic carbocycles. The van der Waals surface area contributed by atoms with Gasteiger partial charge in [0, 0.05) is 21.7 Å². The molecule has 0 spiro atoms. The number of rotatable bonds is 8. The number of halogens is 1. The molecular weight excluding hydrogens is 430 g/mol.